The first-order valence-corrected chi connectivity index (χ1v) is 13.5. The molecular weight excluding hydrogens is 380 g/mol. The van der Waals surface area contributed by atoms with E-state index in [2.05, 4.69) is 54.5 Å². The van der Waals surface area contributed by atoms with Gasteiger partial charge in [-0.1, -0.05) is 79.4 Å². The molecule has 0 amide bonds. The minimum atomic E-state index is -0.217. The molecule has 0 saturated heterocycles. The molecule has 4 aliphatic rings. The van der Waals surface area contributed by atoms with Gasteiger partial charge in [-0.3, -0.25) is 0 Å². The largest absolute Gasteiger partial charge is 0.393 e. The minimum absolute atomic E-state index is 0.111. The van der Waals surface area contributed by atoms with Crippen LogP contribution in [0.25, 0.3) is 0 Å². The third-order valence-corrected chi connectivity index (χ3v) is 11.1. The van der Waals surface area contributed by atoms with Crippen LogP contribution in [0.4, 0.5) is 0 Å². The minimum Gasteiger partial charge on any atom is -0.393 e. The quantitative estimate of drug-likeness (QED) is 0.461. The molecule has 0 radical (unpaired) electrons. The van der Waals surface area contributed by atoms with Crippen LogP contribution in [0.2, 0.25) is 0 Å². The average molecular weight is 431 g/mol. The van der Waals surface area contributed by atoms with Crippen molar-refractivity contribution in [2.24, 2.45) is 51.8 Å². The smallest absolute Gasteiger partial charge is 0.0628 e. The summed E-state index contributed by atoms with van der Waals surface area (Å²) in [5.74, 6) is 3.91. The van der Waals surface area contributed by atoms with E-state index in [4.69, 9.17) is 0 Å². The normalized spacial score (nSPS) is 47.4. The van der Waals surface area contributed by atoms with E-state index in [0.29, 0.717) is 35.0 Å². The van der Waals surface area contributed by atoms with Crippen LogP contribution in [0, 0.1) is 51.8 Å². The Hall–Kier alpha value is -0.340. The van der Waals surface area contributed by atoms with E-state index in [0.717, 1.165) is 31.6 Å². The Morgan fingerprint density at radius 1 is 1.00 bits per heavy atom. The number of allylic oxidation sites excluding steroid dienone is 1. The van der Waals surface area contributed by atoms with Crippen molar-refractivity contribution in [2.75, 3.05) is 0 Å². The zero-order chi connectivity index (χ0) is 22.8. The van der Waals surface area contributed by atoms with Crippen molar-refractivity contribution in [3.8, 4) is 0 Å². The van der Waals surface area contributed by atoms with Crippen molar-refractivity contribution in [3.63, 3.8) is 0 Å². The van der Waals surface area contributed by atoms with Crippen LogP contribution < -0.4 is 0 Å². The number of hydrogen-bond donors (Lipinski definition) is 2. The molecule has 178 valence electrons. The maximum atomic E-state index is 11.4. The van der Waals surface area contributed by atoms with Gasteiger partial charge < -0.3 is 10.2 Å². The SMILES string of the molecule is CC(C)CCC[C@@H](C)[C@H]1C[C@H](O)[C@H]2[C@@H]3CC=C4C(C)(C)[C@@H](O)CC[C@]4(C)[C@H]3CC[C@@]21C. The molecule has 4 aliphatic carbocycles. The Bertz CT molecular complexity index is 693. The number of hydrogen-bond acceptors (Lipinski definition) is 2. The Morgan fingerprint density at radius 3 is 2.39 bits per heavy atom. The van der Waals surface area contributed by atoms with Crippen LogP contribution >= 0.6 is 0 Å². The summed E-state index contributed by atoms with van der Waals surface area (Å²) >= 11 is 0. The molecule has 2 N–H and O–H groups in total. The molecule has 0 aliphatic heterocycles. The molecule has 2 nitrogen and oxygen atoms in total. The van der Waals surface area contributed by atoms with E-state index in [1.165, 1.54) is 37.7 Å². The summed E-state index contributed by atoms with van der Waals surface area (Å²) in [6, 6.07) is 0. The molecule has 0 aromatic rings. The van der Waals surface area contributed by atoms with Crippen molar-refractivity contribution < 1.29 is 10.2 Å². The first-order chi connectivity index (χ1) is 14.4. The van der Waals surface area contributed by atoms with E-state index >= 15 is 0 Å². The molecule has 2 heteroatoms. The van der Waals surface area contributed by atoms with E-state index in [-0.39, 0.29) is 23.0 Å². The third-order valence-electron chi connectivity index (χ3n) is 11.1. The fraction of sp³-hybridized carbons (Fsp3) is 0.931. The highest BCUT2D eigenvalue weighted by Crippen LogP contribution is 2.68. The first kappa shape index (κ1) is 23.8. The standard InChI is InChI=1S/C29H50O2/c1-18(2)9-8-10-19(3)22-17-23(30)26-20-11-12-24-27(4,5)25(31)14-16-28(24,6)21(20)13-15-29(22,26)7/h12,18-23,25-26,30-31H,8-11,13-17H2,1-7H3/t19-,20-,21+,22-,23+,25+,26-,28-,29-/m1/s1. The van der Waals surface area contributed by atoms with Crippen LogP contribution in [0.1, 0.15) is 106 Å². The Balaban J connectivity index is 1.58. The summed E-state index contributed by atoms with van der Waals surface area (Å²) in [7, 11) is 0. The molecule has 0 aromatic heterocycles. The number of aliphatic hydroxyl groups is 2. The van der Waals surface area contributed by atoms with Gasteiger partial charge in [-0.25, -0.2) is 0 Å². The van der Waals surface area contributed by atoms with Crippen molar-refractivity contribution in [3.05, 3.63) is 11.6 Å². The number of rotatable bonds is 5. The van der Waals surface area contributed by atoms with Gasteiger partial charge in [0.1, 0.15) is 0 Å². The second-order valence-electron chi connectivity index (χ2n) is 13.6. The van der Waals surface area contributed by atoms with Gasteiger partial charge in [0.25, 0.3) is 0 Å². The summed E-state index contributed by atoms with van der Waals surface area (Å²) < 4.78 is 0. The fourth-order valence-corrected chi connectivity index (χ4v) is 9.44. The van der Waals surface area contributed by atoms with Crippen molar-refractivity contribution in [2.45, 2.75) is 118 Å². The zero-order valence-electron chi connectivity index (χ0n) is 21.5. The molecule has 0 aromatic carbocycles. The van der Waals surface area contributed by atoms with Gasteiger partial charge in [0, 0.05) is 5.41 Å². The maximum absolute atomic E-state index is 11.4. The van der Waals surface area contributed by atoms with Gasteiger partial charge in [0.15, 0.2) is 0 Å². The fourth-order valence-electron chi connectivity index (χ4n) is 9.44. The zero-order valence-corrected chi connectivity index (χ0v) is 21.5. The van der Waals surface area contributed by atoms with Crippen molar-refractivity contribution >= 4 is 0 Å². The summed E-state index contributed by atoms with van der Waals surface area (Å²) in [4.78, 5) is 0. The Morgan fingerprint density at radius 2 is 1.71 bits per heavy atom. The van der Waals surface area contributed by atoms with Crippen LogP contribution in [-0.4, -0.2) is 22.4 Å². The van der Waals surface area contributed by atoms with Crippen LogP contribution in [0.15, 0.2) is 11.6 Å². The predicted molar refractivity (Wildman–Crippen MR) is 130 cm³/mol. The Labute approximate surface area is 192 Å². The molecule has 4 rings (SSSR count). The third kappa shape index (κ3) is 3.67. The lowest BCUT2D eigenvalue weighted by Gasteiger charge is -2.61. The van der Waals surface area contributed by atoms with Crippen molar-refractivity contribution in [1.29, 1.82) is 0 Å². The predicted octanol–water partition coefficient (Wildman–Crippen LogP) is 7.00. The number of fused-ring (bicyclic) bond motifs is 5. The topological polar surface area (TPSA) is 40.5 Å². The molecular formula is C29H50O2. The lowest BCUT2D eigenvalue weighted by Crippen LogP contribution is -2.55. The van der Waals surface area contributed by atoms with Gasteiger partial charge >= 0.3 is 0 Å². The van der Waals surface area contributed by atoms with Crippen LogP contribution in [-0.2, 0) is 0 Å². The lowest BCUT2D eigenvalue weighted by atomic mass is 9.44. The van der Waals surface area contributed by atoms with E-state index in [1.54, 1.807) is 0 Å². The highest BCUT2D eigenvalue weighted by Gasteiger charge is 2.63. The molecule has 0 spiro atoms. The highest BCUT2D eigenvalue weighted by molar-refractivity contribution is 5.31. The monoisotopic (exact) mass is 430 g/mol. The molecule has 3 fully saturated rings. The summed E-state index contributed by atoms with van der Waals surface area (Å²) in [5, 5.41) is 22.2. The molecule has 3 saturated carbocycles. The second kappa shape index (κ2) is 8.15. The molecule has 31 heavy (non-hydrogen) atoms. The lowest BCUT2D eigenvalue weighted by molar-refractivity contribution is -0.0961. The van der Waals surface area contributed by atoms with E-state index in [9.17, 15) is 10.2 Å². The van der Waals surface area contributed by atoms with Crippen molar-refractivity contribution in [1.82, 2.24) is 0 Å². The van der Waals surface area contributed by atoms with Gasteiger partial charge in [0.05, 0.1) is 12.2 Å². The van der Waals surface area contributed by atoms with Crippen LogP contribution in [0.3, 0.4) is 0 Å². The molecule has 0 bridgehead atoms. The maximum Gasteiger partial charge on any atom is 0.0628 e. The average Bonchev–Trinajstić information content (AvgIpc) is 2.96. The van der Waals surface area contributed by atoms with Crippen LogP contribution in [0.5, 0.6) is 0 Å². The van der Waals surface area contributed by atoms with Gasteiger partial charge in [-0.15, -0.1) is 0 Å². The number of aliphatic hydroxyl groups excluding tert-OH is 2. The highest BCUT2D eigenvalue weighted by atomic mass is 16.3. The summed E-state index contributed by atoms with van der Waals surface area (Å²) in [6.07, 6.45) is 12.9. The summed E-state index contributed by atoms with van der Waals surface area (Å²) in [6.45, 7) is 16.7. The second-order valence-corrected chi connectivity index (χ2v) is 13.6. The van der Waals surface area contributed by atoms with E-state index in [1.807, 2.05) is 0 Å². The van der Waals surface area contributed by atoms with Gasteiger partial charge in [-0.2, -0.15) is 0 Å². The van der Waals surface area contributed by atoms with Gasteiger partial charge in [-0.05, 0) is 84.9 Å². The molecule has 0 unspecified atom stereocenters. The molecule has 0 heterocycles. The van der Waals surface area contributed by atoms with E-state index < -0.39 is 0 Å². The molecule has 9 atom stereocenters. The summed E-state index contributed by atoms with van der Waals surface area (Å²) in [5.41, 5.74) is 1.91. The Kier molecular flexibility index (Phi) is 6.26. The first-order valence-electron chi connectivity index (χ1n) is 13.5. The van der Waals surface area contributed by atoms with Gasteiger partial charge in [0.2, 0.25) is 0 Å².